The Morgan fingerprint density at radius 1 is 0.529 bits per heavy atom. The summed E-state index contributed by atoms with van der Waals surface area (Å²) in [6.45, 7) is 2.03. The molecule has 0 aliphatic heterocycles. The van der Waals surface area contributed by atoms with Crippen molar-refractivity contribution in [3.63, 3.8) is 0 Å². The quantitative estimate of drug-likeness (QED) is 0.405. The third kappa shape index (κ3) is 1.75. The molecule has 0 saturated heterocycles. The van der Waals surface area contributed by atoms with Gasteiger partial charge in [0.25, 0.3) is 0 Å². The minimum atomic E-state index is -2.34. The number of hydrogen-bond acceptors (Lipinski definition) is 6. The van der Waals surface area contributed by atoms with E-state index in [0.717, 1.165) is 13.8 Å². The van der Waals surface area contributed by atoms with Crippen molar-refractivity contribution in [1.82, 2.24) is 0 Å². The van der Waals surface area contributed by atoms with E-state index in [1.54, 1.807) is 0 Å². The highest BCUT2D eigenvalue weighted by molar-refractivity contribution is 6.07. The molecule has 0 atom stereocenters. The number of hydrogen-bond donors (Lipinski definition) is 0. The lowest BCUT2D eigenvalue weighted by Gasteiger charge is -2.40. The molecule has 0 radical (unpaired) electrons. The van der Waals surface area contributed by atoms with Crippen LogP contribution in [0.15, 0.2) is 0 Å². The summed E-state index contributed by atoms with van der Waals surface area (Å²) >= 11 is 0. The molecule has 0 aromatic heterocycles. The summed E-state index contributed by atoms with van der Waals surface area (Å²) in [5.74, 6) is 0. The smallest absolute Gasteiger partial charge is 0.136 e. The van der Waals surface area contributed by atoms with Crippen LogP contribution in [0.1, 0.15) is 13.8 Å². The van der Waals surface area contributed by atoms with E-state index >= 15 is 0 Å². The van der Waals surface area contributed by atoms with Crippen LogP contribution in [-0.4, -0.2) is 37.7 Å². The predicted octanol–water partition coefficient (Wildman–Crippen LogP) is -0.821. The number of aldehydes is 6. The maximum absolute atomic E-state index is 11.1. The zero-order chi connectivity index (χ0) is 13.7. The molecule has 0 heterocycles. The second-order valence-corrected chi connectivity index (χ2v) is 4.14. The lowest BCUT2D eigenvalue weighted by atomic mass is 9.54. The zero-order valence-electron chi connectivity index (χ0n) is 9.41. The molecule has 0 amide bonds. The first kappa shape index (κ1) is 15.0. The van der Waals surface area contributed by atoms with Gasteiger partial charge in [-0.1, -0.05) is 0 Å². The molecule has 0 aliphatic carbocycles. The first-order valence-electron chi connectivity index (χ1n) is 4.65. The van der Waals surface area contributed by atoms with Crippen LogP contribution in [-0.2, 0) is 28.8 Å². The fraction of sp³-hybridized carbons (Fsp3) is 0.455. The summed E-state index contributed by atoms with van der Waals surface area (Å²) in [6, 6.07) is 0. The van der Waals surface area contributed by atoms with Crippen molar-refractivity contribution >= 4 is 37.7 Å². The minimum absolute atomic E-state index is 0.00833. The second kappa shape index (κ2) is 4.90. The van der Waals surface area contributed by atoms with Gasteiger partial charge < -0.3 is 28.8 Å². The summed E-state index contributed by atoms with van der Waals surface area (Å²) in [5.41, 5.74) is -6.49. The molecule has 0 aromatic carbocycles. The Balaban J connectivity index is 6.29. The maximum Gasteiger partial charge on any atom is 0.136 e. The topological polar surface area (TPSA) is 102 Å². The van der Waals surface area contributed by atoms with Gasteiger partial charge in [-0.25, -0.2) is 0 Å². The largest absolute Gasteiger partial charge is 0.302 e. The average molecular weight is 240 g/mol. The Kier molecular flexibility index (Phi) is 4.33. The normalized spacial score (nSPS) is 12.4. The lowest BCUT2D eigenvalue weighted by Crippen LogP contribution is -2.57. The molecule has 17 heavy (non-hydrogen) atoms. The first-order valence-corrected chi connectivity index (χ1v) is 4.65. The van der Waals surface area contributed by atoms with Crippen LogP contribution in [0.4, 0.5) is 0 Å². The molecule has 0 aromatic rings. The van der Waals surface area contributed by atoms with Crippen molar-refractivity contribution in [3.05, 3.63) is 0 Å². The van der Waals surface area contributed by atoms with E-state index in [4.69, 9.17) is 0 Å². The Labute approximate surface area is 97.4 Å². The van der Waals surface area contributed by atoms with Gasteiger partial charge in [0.1, 0.15) is 43.1 Å². The van der Waals surface area contributed by atoms with E-state index < -0.39 is 16.2 Å². The summed E-state index contributed by atoms with van der Waals surface area (Å²) in [7, 11) is 0. The molecule has 0 saturated carbocycles. The molecule has 6 heteroatoms. The summed E-state index contributed by atoms with van der Waals surface area (Å²) in [5, 5.41) is 0. The van der Waals surface area contributed by atoms with Crippen molar-refractivity contribution in [2.24, 2.45) is 16.2 Å². The molecular weight excluding hydrogens is 228 g/mol. The first-order chi connectivity index (χ1) is 7.86. The van der Waals surface area contributed by atoms with E-state index in [9.17, 15) is 28.8 Å². The van der Waals surface area contributed by atoms with Crippen LogP contribution >= 0.6 is 0 Å². The molecule has 0 fully saturated rings. The van der Waals surface area contributed by atoms with Gasteiger partial charge in [0.2, 0.25) is 0 Å². The summed E-state index contributed by atoms with van der Waals surface area (Å²) in [6.07, 6.45) is 0.293. The van der Waals surface area contributed by atoms with Gasteiger partial charge >= 0.3 is 0 Å². The molecule has 0 rings (SSSR count). The van der Waals surface area contributed by atoms with E-state index in [-0.39, 0.29) is 37.7 Å². The SMILES string of the molecule is CC(C=O)(C=O)C(C=O)(C=O)C(C)(C=O)C=O. The minimum Gasteiger partial charge on any atom is -0.302 e. The zero-order valence-corrected chi connectivity index (χ0v) is 9.41. The molecule has 0 spiro atoms. The van der Waals surface area contributed by atoms with Gasteiger partial charge in [-0.2, -0.15) is 0 Å². The fourth-order valence-electron chi connectivity index (χ4n) is 1.56. The van der Waals surface area contributed by atoms with Gasteiger partial charge in [-0.15, -0.1) is 0 Å². The Morgan fingerprint density at radius 3 is 0.882 bits per heavy atom. The molecule has 0 N–H and O–H groups in total. The van der Waals surface area contributed by atoms with Crippen LogP contribution in [0, 0.1) is 16.2 Å². The number of carbonyl (C=O) groups excluding carboxylic acids is 6. The summed E-state index contributed by atoms with van der Waals surface area (Å²) < 4.78 is 0. The predicted molar refractivity (Wildman–Crippen MR) is 55.0 cm³/mol. The lowest BCUT2D eigenvalue weighted by molar-refractivity contribution is -0.160. The van der Waals surface area contributed by atoms with E-state index in [1.807, 2.05) is 0 Å². The molecule has 0 unspecified atom stereocenters. The number of rotatable bonds is 8. The molecule has 0 bridgehead atoms. The highest BCUT2D eigenvalue weighted by Gasteiger charge is 2.60. The third-order valence-electron chi connectivity index (χ3n) is 3.13. The summed E-state index contributed by atoms with van der Waals surface area (Å²) in [4.78, 5) is 65.9. The number of carbonyl (C=O) groups is 6. The maximum atomic E-state index is 11.1. The van der Waals surface area contributed by atoms with Crippen LogP contribution in [0.2, 0.25) is 0 Å². The van der Waals surface area contributed by atoms with E-state index in [0.29, 0.717) is 0 Å². The highest BCUT2D eigenvalue weighted by Crippen LogP contribution is 2.45. The molecule has 6 nitrogen and oxygen atoms in total. The van der Waals surface area contributed by atoms with Crippen molar-refractivity contribution < 1.29 is 28.8 Å². The second-order valence-electron chi connectivity index (χ2n) is 4.14. The molecule has 92 valence electrons. The van der Waals surface area contributed by atoms with E-state index in [2.05, 4.69) is 0 Å². The highest BCUT2D eigenvalue weighted by atomic mass is 16.2. The van der Waals surface area contributed by atoms with Crippen molar-refractivity contribution in [3.8, 4) is 0 Å². The van der Waals surface area contributed by atoms with Gasteiger partial charge in [-0.3, -0.25) is 0 Å². The van der Waals surface area contributed by atoms with Crippen LogP contribution < -0.4 is 0 Å². The van der Waals surface area contributed by atoms with Crippen LogP contribution in [0.25, 0.3) is 0 Å². The Bertz CT molecular complexity index is 318. The van der Waals surface area contributed by atoms with Crippen LogP contribution in [0.5, 0.6) is 0 Å². The standard InChI is InChI=1S/C11H12O6/c1-9(3-12,4-13)11(7-16,8-17)10(2,5-14)6-15/h3-8H,1-2H3. The van der Waals surface area contributed by atoms with Crippen molar-refractivity contribution in [2.45, 2.75) is 13.8 Å². The van der Waals surface area contributed by atoms with Gasteiger partial charge in [0.05, 0.1) is 10.8 Å². The van der Waals surface area contributed by atoms with Crippen molar-refractivity contribution in [1.29, 1.82) is 0 Å². The average Bonchev–Trinajstić information content (AvgIpc) is 2.39. The Morgan fingerprint density at radius 2 is 0.765 bits per heavy atom. The Hall–Kier alpha value is -1.98. The van der Waals surface area contributed by atoms with Gasteiger partial charge in [0.15, 0.2) is 0 Å². The van der Waals surface area contributed by atoms with E-state index in [1.165, 1.54) is 0 Å². The van der Waals surface area contributed by atoms with Crippen molar-refractivity contribution in [2.75, 3.05) is 0 Å². The van der Waals surface area contributed by atoms with Crippen LogP contribution in [0.3, 0.4) is 0 Å². The molecule has 0 aliphatic rings. The molecular formula is C11H12O6. The monoisotopic (exact) mass is 240 g/mol. The van der Waals surface area contributed by atoms with Gasteiger partial charge in [-0.05, 0) is 13.8 Å². The third-order valence-corrected chi connectivity index (χ3v) is 3.13. The van der Waals surface area contributed by atoms with Gasteiger partial charge in [0, 0.05) is 0 Å². The fourth-order valence-corrected chi connectivity index (χ4v) is 1.56.